The molecular formula is C17H16BrNO2. The van der Waals surface area contributed by atoms with E-state index in [1.165, 1.54) is 0 Å². The Morgan fingerprint density at radius 2 is 1.81 bits per heavy atom. The van der Waals surface area contributed by atoms with Gasteiger partial charge in [0.2, 0.25) is 0 Å². The predicted molar refractivity (Wildman–Crippen MR) is 87.1 cm³/mol. The van der Waals surface area contributed by atoms with Crippen LogP contribution in [-0.2, 0) is 0 Å². The van der Waals surface area contributed by atoms with Crippen molar-refractivity contribution < 1.29 is 9.52 Å². The topological polar surface area (TPSA) is 59.4 Å². The van der Waals surface area contributed by atoms with Crippen LogP contribution in [-0.4, -0.2) is 11.7 Å². The average Bonchev–Trinajstić information content (AvgIpc) is 2.93. The monoisotopic (exact) mass is 345 g/mol. The predicted octanol–water partition coefficient (Wildman–Crippen LogP) is 3.97. The summed E-state index contributed by atoms with van der Waals surface area (Å²) in [5.74, 6) is 0.355. The number of halogens is 1. The Morgan fingerprint density at radius 3 is 2.48 bits per heavy atom. The first kappa shape index (κ1) is 14.3. The van der Waals surface area contributed by atoms with Gasteiger partial charge >= 0.3 is 0 Å². The van der Waals surface area contributed by atoms with Crippen molar-refractivity contribution in [1.29, 1.82) is 0 Å². The Hall–Kier alpha value is -1.62. The van der Waals surface area contributed by atoms with E-state index in [4.69, 9.17) is 10.2 Å². The number of benzene rings is 2. The van der Waals surface area contributed by atoms with Crippen molar-refractivity contribution in [3.05, 3.63) is 70.4 Å². The Bertz CT molecular complexity index is 703. The van der Waals surface area contributed by atoms with Crippen LogP contribution >= 0.6 is 15.9 Å². The zero-order chi connectivity index (χ0) is 14.8. The van der Waals surface area contributed by atoms with Crippen LogP contribution in [0, 0.1) is 0 Å². The molecule has 0 radical (unpaired) electrons. The highest BCUT2D eigenvalue weighted by Crippen LogP contribution is 2.33. The molecule has 0 amide bonds. The van der Waals surface area contributed by atoms with Gasteiger partial charge in [-0.1, -0.05) is 46.3 Å². The molecule has 1 aromatic heterocycles. The number of furan rings is 1. The number of aliphatic hydroxyl groups is 1. The fourth-order valence-corrected chi connectivity index (χ4v) is 2.77. The quantitative estimate of drug-likeness (QED) is 0.751. The molecule has 3 rings (SSSR count). The number of rotatable bonds is 4. The molecule has 3 nitrogen and oxygen atoms in total. The molecule has 2 atom stereocenters. The fourth-order valence-electron chi connectivity index (χ4n) is 2.50. The first-order valence-corrected chi connectivity index (χ1v) is 7.60. The van der Waals surface area contributed by atoms with Gasteiger partial charge in [-0.05, 0) is 29.8 Å². The third-order valence-corrected chi connectivity index (χ3v) is 4.20. The Kier molecular flexibility index (Phi) is 4.10. The van der Waals surface area contributed by atoms with Crippen LogP contribution in [0.25, 0.3) is 11.0 Å². The highest BCUT2D eigenvalue weighted by molar-refractivity contribution is 9.10. The summed E-state index contributed by atoms with van der Waals surface area (Å²) < 4.78 is 6.74. The molecule has 0 aliphatic rings. The highest BCUT2D eigenvalue weighted by Gasteiger charge is 2.24. The van der Waals surface area contributed by atoms with Crippen molar-refractivity contribution in [2.45, 2.75) is 12.0 Å². The van der Waals surface area contributed by atoms with E-state index in [0.717, 1.165) is 21.0 Å². The minimum atomic E-state index is -0.761. The van der Waals surface area contributed by atoms with E-state index in [1.807, 2.05) is 54.6 Å². The fraction of sp³-hybridized carbons (Fsp3) is 0.176. The van der Waals surface area contributed by atoms with E-state index < -0.39 is 6.10 Å². The summed E-state index contributed by atoms with van der Waals surface area (Å²) in [6, 6.07) is 17.4. The van der Waals surface area contributed by atoms with E-state index >= 15 is 0 Å². The van der Waals surface area contributed by atoms with Crippen molar-refractivity contribution >= 4 is 26.9 Å². The normalized spacial score (nSPS) is 14.2. The highest BCUT2D eigenvalue weighted by atomic mass is 79.9. The van der Waals surface area contributed by atoms with Gasteiger partial charge in [0.25, 0.3) is 0 Å². The number of hydrogen-bond donors (Lipinski definition) is 2. The number of aliphatic hydroxyl groups excluding tert-OH is 1. The SMILES string of the molecule is NCC(c1ccc(Br)cc1)C(O)c1cc2ccccc2o1. The molecule has 2 aromatic carbocycles. The van der Waals surface area contributed by atoms with Gasteiger partial charge in [0.15, 0.2) is 0 Å². The van der Waals surface area contributed by atoms with Gasteiger partial charge < -0.3 is 15.3 Å². The first-order chi connectivity index (χ1) is 10.2. The van der Waals surface area contributed by atoms with Crippen molar-refractivity contribution in [3.63, 3.8) is 0 Å². The van der Waals surface area contributed by atoms with Crippen LogP contribution in [0.3, 0.4) is 0 Å². The van der Waals surface area contributed by atoms with E-state index in [9.17, 15) is 5.11 Å². The van der Waals surface area contributed by atoms with Gasteiger partial charge in [0.05, 0.1) is 0 Å². The molecular weight excluding hydrogens is 330 g/mol. The molecule has 108 valence electrons. The van der Waals surface area contributed by atoms with Crippen molar-refractivity contribution in [3.8, 4) is 0 Å². The molecule has 3 aromatic rings. The second-order valence-corrected chi connectivity index (χ2v) is 5.94. The van der Waals surface area contributed by atoms with Crippen molar-refractivity contribution in [2.24, 2.45) is 5.73 Å². The summed E-state index contributed by atoms with van der Waals surface area (Å²) in [5.41, 5.74) is 7.63. The Balaban J connectivity index is 1.94. The maximum Gasteiger partial charge on any atom is 0.134 e. The van der Waals surface area contributed by atoms with Crippen LogP contribution in [0.15, 0.2) is 63.5 Å². The molecule has 0 spiro atoms. The second-order valence-electron chi connectivity index (χ2n) is 5.03. The molecule has 0 bridgehead atoms. The molecule has 0 fully saturated rings. The van der Waals surface area contributed by atoms with E-state index in [2.05, 4.69) is 15.9 Å². The van der Waals surface area contributed by atoms with Gasteiger partial charge in [-0.25, -0.2) is 0 Å². The van der Waals surface area contributed by atoms with E-state index in [0.29, 0.717) is 12.3 Å². The number of fused-ring (bicyclic) bond motifs is 1. The lowest BCUT2D eigenvalue weighted by atomic mass is 9.92. The lowest BCUT2D eigenvalue weighted by Gasteiger charge is -2.20. The molecule has 1 heterocycles. The number of para-hydroxylation sites is 1. The molecule has 4 heteroatoms. The van der Waals surface area contributed by atoms with Crippen LogP contribution in [0.5, 0.6) is 0 Å². The summed E-state index contributed by atoms with van der Waals surface area (Å²) in [4.78, 5) is 0. The molecule has 3 N–H and O–H groups in total. The van der Waals surface area contributed by atoms with Crippen molar-refractivity contribution in [2.75, 3.05) is 6.54 Å². The summed E-state index contributed by atoms with van der Waals surface area (Å²) >= 11 is 3.41. The van der Waals surface area contributed by atoms with Gasteiger partial charge in [-0.3, -0.25) is 0 Å². The summed E-state index contributed by atoms with van der Waals surface area (Å²) in [7, 11) is 0. The first-order valence-electron chi connectivity index (χ1n) is 6.81. The van der Waals surface area contributed by atoms with Crippen LogP contribution in [0.2, 0.25) is 0 Å². The number of hydrogen-bond acceptors (Lipinski definition) is 3. The number of nitrogens with two attached hydrogens (primary N) is 1. The van der Waals surface area contributed by atoms with Crippen LogP contribution in [0.1, 0.15) is 23.3 Å². The molecule has 0 aliphatic heterocycles. The third kappa shape index (κ3) is 2.88. The largest absolute Gasteiger partial charge is 0.458 e. The molecule has 0 saturated heterocycles. The molecule has 0 saturated carbocycles. The zero-order valence-electron chi connectivity index (χ0n) is 11.4. The molecule has 0 aliphatic carbocycles. The lowest BCUT2D eigenvalue weighted by molar-refractivity contribution is 0.124. The summed E-state index contributed by atoms with van der Waals surface area (Å²) in [6.45, 7) is 0.347. The van der Waals surface area contributed by atoms with Crippen LogP contribution < -0.4 is 5.73 Å². The molecule has 21 heavy (non-hydrogen) atoms. The lowest BCUT2D eigenvalue weighted by Crippen LogP contribution is -2.19. The molecule has 2 unspecified atom stereocenters. The van der Waals surface area contributed by atoms with E-state index in [1.54, 1.807) is 0 Å². The maximum atomic E-state index is 10.6. The summed E-state index contributed by atoms with van der Waals surface area (Å²) in [6.07, 6.45) is -0.761. The maximum absolute atomic E-state index is 10.6. The third-order valence-electron chi connectivity index (χ3n) is 3.67. The van der Waals surface area contributed by atoms with Gasteiger partial charge in [0.1, 0.15) is 17.4 Å². The Morgan fingerprint density at radius 1 is 1.10 bits per heavy atom. The van der Waals surface area contributed by atoms with Crippen molar-refractivity contribution in [1.82, 2.24) is 0 Å². The van der Waals surface area contributed by atoms with Gasteiger partial charge in [-0.15, -0.1) is 0 Å². The second kappa shape index (κ2) is 6.02. The standard InChI is InChI=1S/C17H16BrNO2/c18-13-7-5-11(6-8-13)14(10-19)17(20)16-9-12-3-1-2-4-15(12)21-16/h1-9,14,17,20H,10,19H2. The van der Waals surface area contributed by atoms with Crippen LogP contribution in [0.4, 0.5) is 0 Å². The smallest absolute Gasteiger partial charge is 0.134 e. The average molecular weight is 346 g/mol. The van der Waals surface area contributed by atoms with Gasteiger partial charge in [0, 0.05) is 22.3 Å². The minimum Gasteiger partial charge on any atom is -0.458 e. The Labute approximate surface area is 131 Å². The minimum absolute atomic E-state index is 0.196. The summed E-state index contributed by atoms with van der Waals surface area (Å²) in [5, 5.41) is 11.6. The van der Waals surface area contributed by atoms with Gasteiger partial charge in [-0.2, -0.15) is 0 Å². The zero-order valence-corrected chi connectivity index (χ0v) is 13.0. The van der Waals surface area contributed by atoms with E-state index in [-0.39, 0.29) is 5.92 Å².